The third kappa shape index (κ3) is 4.76. The summed E-state index contributed by atoms with van der Waals surface area (Å²) in [5, 5.41) is 20.6. The van der Waals surface area contributed by atoms with Crippen LogP contribution in [-0.2, 0) is 6.61 Å². The molecule has 0 aliphatic carbocycles. The largest absolute Gasteiger partial charge is 0.493 e. The van der Waals surface area contributed by atoms with E-state index in [-0.39, 0.29) is 5.82 Å². The lowest BCUT2D eigenvalue weighted by Crippen LogP contribution is -2.14. The first-order valence-corrected chi connectivity index (χ1v) is 8.97. The van der Waals surface area contributed by atoms with Gasteiger partial charge in [-0.1, -0.05) is 48.0 Å². The molecule has 0 saturated carbocycles. The number of ether oxygens (including phenoxy) is 2. The fourth-order valence-electron chi connectivity index (χ4n) is 2.60. The number of rotatable bonds is 7. The number of aromatic hydroxyl groups is 1. The zero-order chi connectivity index (χ0) is 21.7. The minimum atomic E-state index is -1.06. The van der Waals surface area contributed by atoms with E-state index in [1.165, 1.54) is 13.2 Å². The number of hydrogen-bond donors (Lipinski definition) is 2. The van der Waals surface area contributed by atoms with E-state index in [0.717, 1.165) is 5.56 Å². The van der Waals surface area contributed by atoms with Gasteiger partial charge in [0, 0.05) is 0 Å². The molecule has 0 radical (unpaired) electrons. The first-order chi connectivity index (χ1) is 14.4. The van der Waals surface area contributed by atoms with Crippen molar-refractivity contribution in [3.8, 4) is 17.4 Å². The fraction of sp³-hybridized carbons (Fsp3) is 0.100. The van der Waals surface area contributed by atoms with Crippen molar-refractivity contribution in [2.75, 3.05) is 7.11 Å². The van der Waals surface area contributed by atoms with Crippen LogP contribution in [-0.4, -0.2) is 27.1 Å². The monoisotopic (exact) mass is 429 g/mol. The molecule has 0 atom stereocenters. The van der Waals surface area contributed by atoms with Gasteiger partial charge in [-0.05, 0) is 29.3 Å². The fourth-order valence-corrected chi connectivity index (χ4v) is 2.87. The van der Waals surface area contributed by atoms with Gasteiger partial charge < -0.3 is 19.6 Å². The van der Waals surface area contributed by atoms with Crippen LogP contribution in [0.2, 0.25) is 5.02 Å². The molecule has 0 spiro atoms. The van der Waals surface area contributed by atoms with Crippen molar-refractivity contribution < 1.29 is 19.5 Å². The van der Waals surface area contributed by atoms with Crippen LogP contribution in [0.4, 0.5) is 5.69 Å². The average Bonchev–Trinajstić information content (AvgIpc) is 2.71. The minimum Gasteiger partial charge on any atom is -0.493 e. The van der Waals surface area contributed by atoms with Crippen LogP contribution in [0.15, 0.2) is 47.3 Å². The van der Waals surface area contributed by atoms with Crippen molar-refractivity contribution in [3.63, 3.8) is 0 Å². The molecule has 0 aliphatic rings. The van der Waals surface area contributed by atoms with Crippen LogP contribution in [0, 0.1) is 10.1 Å². The third-order valence-electron chi connectivity index (χ3n) is 3.99. The highest BCUT2D eigenvalue weighted by atomic mass is 35.5. The number of nitro groups is 1. The maximum absolute atomic E-state index is 11.7. The maximum atomic E-state index is 11.7. The van der Waals surface area contributed by atoms with E-state index in [1.807, 2.05) is 30.3 Å². The average molecular weight is 430 g/mol. The highest BCUT2D eigenvalue weighted by molar-refractivity contribution is 6.32. The van der Waals surface area contributed by atoms with Gasteiger partial charge in [0.25, 0.3) is 5.88 Å². The number of halogens is 1. The zero-order valence-corrected chi connectivity index (χ0v) is 16.4. The summed E-state index contributed by atoms with van der Waals surface area (Å²) in [7, 11) is 1.47. The van der Waals surface area contributed by atoms with E-state index in [2.05, 4.69) is 9.97 Å². The van der Waals surface area contributed by atoms with E-state index in [9.17, 15) is 20.0 Å². The topological polar surface area (TPSA) is 128 Å². The number of H-pyrrole nitrogens is 1. The summed E-state index contributed by atoms with van der Waals surface area (Å²) in [5.74, 6) is -0.267. The van der Waals surface area contributed by atoms with Crippen molar-refractivity contribution in [3.05, 3.63) is 84.9 Å². The van der Waals surface area contributed by atoms with Crippen LogP contribution >= 0.6 is 11.6 Å². The zero-order valence-electron chi connectivity index (χ0n) is 15.7. The second kappa shape index (κ2) is 9.10. The predicted octanol–water partition coefficient (Wildman–Crippen LogP) is 3.80. The van der Waals surface area contributed by atoms with Gasteiger partial charge in [-0.3, -0.25) is 14.9 Å². The lowest BCUT2D eigenvalue weighted by atomic mass is 10.1. The molecule has 154 valence electrons. The lowest BCUT2D eigenvalue weighted by molar-refractivity contribution is -0.387. The normalized spacial score (nSPS) is 10.9. The van der Waals surface area contributed by atoms with E-state index in [0.29, 0.717) is 28.7 Å². The molecule has 2 N–H and O–H groups in total. The molecular weight excluding hydrogens is 414 g/mol. The van der Waals surface area contributed by atoms with E-state index in [4.69, 9.17) is 21.1 Å². The Morgan fingerprint density at radius 3 is 2.63 bits per heavy atom. The Hall–Kier alpha value is -3.85. The molecule has 0 amide bonds. The van der Waals surface area contributed by atoms with Crippen LogP contribution in [0.1, 0.15) is 17.0 Å². The number of nitrogens with zero attached hydrogens (tertiary/aromatic N) is 2. The van der Waals surface area contributed by atoms with Gasteiger partial charge in [0.2, 0.25) is 0 Å². The summed E-state index contributed by atoms with van der Waals surface area (Å²) in [4.78, 5) is 27.3. The molecule has 9 nitrogen and oxygen atoms in total. The highest BCUT2D eigenvalue weighted by Gasteiger charge is 2.21. The first-order valence-electron chi connectivity index (χ1n) is 8.59. The summed E-state index contributed by atoms with van der Waals surface area (Å²) in [6.45, 7) is 0.305. The van der Waals surface area contributed by atoms with Gasteiger partial charge in [0.15, 0.2) is 11.5 Å². The van der Waals surface area contributed by atoms with Crippen molar-refractivity contribution in [2.45, 2.75) is 6.61 Å². The maximum Gasteiger partial charge on any atom is 0.395 e. The Labute approximate surface area is 175 Å². The predicted molar refractivity (Wildman–Crippen MR) is 111 cm³/mol. The number of benzene rings is 2. The molecule has 3 rings (SSSR count). The van der Waals surface area contributed by atoms with E-state index >= 15 is 0 Å². The van der Waals surface area contributed by atoms with Crippen molar-refractivity contribution in [2.24, 2.45) is 0 Å². The molecular formula is C20H16ClN3O6. The lowest BCUT2D eigenvalue weighted by Gasteiger charge is -2.13. The molecule has 0 bridgehead atoms. The van der Waals surface area contributed by atoms with Gasteiger partial charge in [-0.2, -0.15) is 4.98 Å². The number of aromatic amines is 1. The minimum absolute atomic E-state index is 0.0670. The van der Waals surface area contributed by atoms with Gasteiger partial charge in [0.1, 0.15) is 12.4 Å². The molecule has 0 saturated heterocycles. The molecule has 0 fully saturated rings. The molecule has 0 aliphatic heterocycles. The van der Waals surface area contributed by atoms with Gasteiger partial charge >= 0.3 is 11.2 Å². The van der Waals surface area contributed by atoms with Gasteiger partial charge in [-0.15, -0.1) is 0 Å². The van der Waals surface area contributed by atoms with Crippen molar-refractivity contribution in [1.82, 2.24) is 9.97 Å². The highest BCUT2D eigenvalue weighted by Crippen LogP contribution is 2.37. The van der Waals surface area contributed by atoms with Crippen LogP contribution in [0.3, 0.4) is 0 Å². The number of hydrogen-bond acceptors (Lipinski definition) is 7. The van der Waals surface area contributed by atoms with Crippen LogP contribution in [0.25, 0.3) is 12.2 Å². The van der Waals surface area contributed by atoms with Crippen molar-refractivity contribution >= 4 is 29.4 Å². The smallest absolute Gasteiger partial charge is 0.395 e. The van der Waals surface area contributed by atoms with Gasteiger partial charge in [-0.25, -0.2) is 0 Å². The quantitative estimate of drug-likeness (QED) is 0.432. The Morgan fingerprint density at radius 1 is 1.27 bits per heavy atom. The van der Waals surface area contributed by atoms with E-state index in [1.54, 1.807) is 18.2 Å². The molecule has 10 heteroatoms. The number of nitrogens with one attached hydrogen (secondary N) is 1. The standard InChI is InChI=1S/C20H16ClN3O6/c1-29-15-10-13(7-8-16-22-19(25)17(24(27)28)20(26)23-16)9-14(21)18(15)30-11-12-5-3-2-4-6-12/h2-10H,11H2,1H3,(H2,22,23,25,26). The third-order valence-corrected chi connectivity index (χ3v) is 4.27. The van der Waals surface area contributed by atoms with Crippen molar-refractivity contribution in [1.29, 1.82) is 0 Å². The summed E-state index contributed by atoms with van der Waals surface area (Å²) in [6.07, 6.45) is 2.90. The number of methoxy groups -OCH3 is 1. The Balaban J connectivity index is 1.84. The first kappa shape index (κ1) is 20.9. The Bertz CT molecular complexity index is 1160. The molecule has 1 heterocycles. The number of aromatic nitrogens is 2. The molecule has 0 unspecified atom stereocenters. The van der Waals surface area contributed by atoms with Crippen LogP contribution < -0.4 is 15.0 Å². The van der Waals surface area contributed by atoms with Gasteiger partial charge in [0.05, 0.1) is 17.1 Å². The molecule has 30 heavy (non-hydrogen) atoms. The summed E-state index contributed by atoms with van der Waals surface area (Å²) in [5.41, 5.74) is -0.527. The SMILES string of the molecule is COc1cc(C=Cc2nc(O)c([N+](=O)[O-])c(=O)[nH]2)cc(Cl)c1OCc1ccccc1. The Morgan fingerprint density at radius 2 is 2.00 bits per heavy atom. The second-order valence-electron chi connectivity index (χ2n) is 6.02. The Kier molecular flexibility index (Phi) is 6.33. The van der Waals surface area contributed by atoms with E-state index < -0.39 is 22.0 Å². The second-order valence-corrected chi connectivity index (χ2v) is 6.43. The summed E-state index contributed by atoms with van der Waals surface area (Å²) in [6, 6.07) is 12.8. The summed E-state index contributed by atoms with van der Waals surface area (Å²) < 4.78 is 11.1. The molecule has 1 aromatic heterocycles. The van der Waals surface area contributed by atoms with Crippen LogP contribution in [0.5, 0.6) is 17.4 Å². The summed E-state index contributed by atoms with van der Waals surface area (Å²) >= 11 is 6.34. The molecule has 2 aromatic carbocycles. The molecule has 3 aromatic rings.